The Labute approximate surface area is 141 Å². The van der Waals surface area contributed by atoms with Crippen molar-refractivity contribution in [2.75, 3.05) is 12.9 Å². The van der Waals surface area contributed by atoms with Crippen LogP contribution in [0.4, 0.5) is 0 Å². The summed E-state index contributed by atoms with van der Waals surface area (Å²) in [4.78, 5) is 1.31. The first-order chi connectivity index (χ1) is 11.2. The standard InChI is InChI=1S/C18H23NO3S/c1-12(10-16(20)17-4-3-8-22-17)19-15-7-9-23-18-6-5-13(21-2)11-14(15)18/h3-6,8,11-12,15-16,19-20H,7,9-10H2,1-2H3/t12-,15+,16-/m0/s1. The van der Waals surface area contributed by atoms with Crippen molar-refractivity contribution in [2.45, 2.75) is 42.8 Å². The zero-order valence-electron chi connectivity index (χ0n) is 13.5. The highest BCUT2D eigenvalue weighted by Crippen LogP contribution is 2.38. The minimum Gasteiger partial charge on any atom is -0.497 e. The number of aliphatic hydroxyl groups is 1. The number of benzene rings is 1. The Morgan fingerprint density at radius 2 is 2.30 bits per heavy atom. The monoisotopic (exact) mass is 333 g/mol. The van der Waals surface area contributed by atoms with Gasteiger partial charge >= 0.3 is 0 Å². The molecule has 1 aliphatic rings. The molecule has 0 bridgehead atoms. The van der Waals surface area contributed by atoms with Crippen LogP contribution in [0.15, 0.2) is 45.9 Å². The molecular formula is C18H23NO3S. The zero-order chi connectivity index (χ0) is 16.2. The van der Waals surface area contributed by atoms with Crippen LogP contribution in [0.25, 0.3) is 0 Å². The van der Waals surface area contributed by atoms with E-state index in [9.17, 15) is 5.11 Å². The Balaban J connectivity index is 1.66. The van der Waals surface area contributed by atoms with E-state index in [4.69, 9.17) is 9.15 Å². The maximum Gasteiger partial charge on any atom is 0.132 e. The summed E-state index contributed by atoms with van der Waals surface area (Å²) in [5, 5.41) is 13.9. The lowest BCUT2D eigenvalue weighted by molar-refractivity contribution is 0.126. The molecule has 1 aromatic carbocycles. The first-order valence-electron chi connectivity index (χ1n) is 7.95. The summed E-state index contributed by atoms with van der Waals surface area (Å²) in [6.45, 7) is 2.10. The third-order valence-electron chi connectivity index (χ3n) is 4.19. The van der Waals surface area contributed by atoms with Crippen molar-refractivity contribution in [3.05, 3.63) is 47.9 Å². The van der Waals surface area contributed by atoms with Gasteiger partial charge in [-0.3, -0.25) is 0 Å². The Morgan fingerprint density at radius 1 is 1.43 bits per heavy atom. The van der Waals surface area contributed by atoms with E-state index in [0.29, 0.717) is 18.2 Å². The van der Waals surface area contributed by atoms with Crippen LogP contribution < -0.4 is 10.1 Å². The Morgan fingerprint density at radius 3 is 3.04 bits per heavy atom. The SMILES string of the molecule is COc1ccc2c(c1)[C@H](N[C@@H](C)C[C@H](O)c1ccco1)CCS2. The summed E-state index contributed by atoms with van der Waals surface area (Å²) in [5.41, 5.74) is 1.29. The number of hydrogen-bond donors (Lipinski definition) is 2. The number of rotatable bonds is 6. The molecule has 124 valence electrons. The molecule has 0 saturated heterocycles. The maximum atomic E-state index is 10.2. The quantitative estimate of drug-likeness (QED) is 0.839. The summed E-state index contributed by atoms with van der Waals surface area (Å²) >= 11 is 1.89. The molecule has 2 aromatic rings. The third-order valence-corrected chi connectivity index (χ3v) is 5.31. The number of furan rings is 1. The fourth-order valence-electron chi connectivity index (χ4n) is 3.02. The van der Waals surface area contributed by atoms with Crippen molar-refractivity contribution in [3.8, 4) is 5.75 Å². The van der Waals surface area contributed by atoms with Gasteiger partial charge in [0.05, 0.1) is 13.4 Å². The molecule has 3 atom stereocenters. The second-order valence-electron chi connectivity index (χ2n) is 5.93. The number of hydrogen-bond acceptors (Lipinski definition) is 5. The van der Waals surface area contributed by atoms with Gasteiger partial charge in [-0.1, -0.05) is 0 Å². The Kier molecular flexibility index (Phi) is 5.30. The van der Waals surface area contributed by atoms with Crippen LogP contribution in [-0.2, 0) is 0 Å². The normalized spacial score (nSPS) is 19.9. The molecule has 5 heteroatoms. The number of aliphatic hydroxyl groups excluding tert-OH is 1. The largest absolute Gasteiger partial charge is 0.497 e. The molecule has 2 heterocycles. The van der Waals surface area contributed by atoms with Crippen LogP contribution in [-0.4, -0.2) is 24.0 Å². The van der Waals surface area contributed by atoms with Crippen molar-refractivity contribution in [1.29, 1.82) is 0 Å². The second-order valence-corrected chi connectivity index (χ2v) is 7.06. The van der Waals surface area contributed by atoms with Crippen molar-refractivity contribution in [1.82, 2.24) is 5.32 Å². The molecule has 0 amide bonds. The fourth-order valence-corrected chi connectivity index (χ4v) is 4.12. The van der Waals surface area contributed by atoms with Crippen LogP contribution in [0, 0.1) is 0 Å². The van der Waals surface area contributed by atoms with Crippen LogP contribution >= 0.6 is 11.8 Å². The van der Waals surface area contributed by atoms with E-state index in [2.05, 4.69) is 24.4 Å². The average Bonchev–Trinajstić information content (AvgIpc) is 3.09. The van der Waals surface area contributed by atoms with Crippen molar-refractivity contribution >= 4 is 11.8 Å². The van der Waals surface area contributed by atoms with Gasteiger partial charge in [-0.25, -0.2) is 0 Å². The zero-order valence-corrected chi connectivity index (χ0v) is 14.3. The predicted molar refractivity (Wildman–Crippen MR) is 92.0 cm³/mol. The maximum absolute atomic E-state index is 10.2. The summed E-state index contributed by atoms with van der Waals surface area (Å²) in [6.07, 6.45) is 2.72. The van der Waals surface area contributed by atoms with Crippen LogP contribution in [0.2, 0.25) is 0 Å². The van der Waals surface area contributed by atoms with E-state index in [-0.39, 0.29) is 6.04 Å². The predicted octanol–water partition coefficient (Wildman–Crippen LogP) is 3.93. The lowest BCUT2D eigenvalue weighted by Crippen LogP contribution is -2.33. The van der Waals surface area contributed by atoms with Gasteiger partial charge in [0, 0.05) is 17.0 Å². The molecule has 1 aromatic heterocycles. The lowest BCUT2D eigenvalue weighted by atomic mass is 10.0. The summed E-state index contributed by atoms with van der Waals surface area (Å²) in [5.74, 6) is 2.62. The summed E-state index contributed by atoms with van der Waals surface area (Å²) in [7, 11) is 1.70. The van der Waals surface area contributed by atoms with E-state index in [0.717, 1.165) is 17.9 Å². The van der Waals surface area contributed by atoms with Crippen molar-refractivity contribution < 1.29 is 14.3 Å². The fraction of sp³-hybridized carbons (Fsp3) is 0.444. The topological polar surface area (TPSA) is 54.6 Å². The average molecular weight is 333 g/mol. The van der Waals surface area contributed by atoms with Crippen LogP contribution in [0.3, 0.4) is 0 Å². The first kappa shape index (κ1) is 16.4. The van der Waals surface area contributed by atoms with Gasteiger partial charge in [0.25, 0.3) is 0 Å². The van der Waals surface area contributed by atoms with Gasteiger partial charge in [0.1, 0.15) is 17.6 Å². The first-order valence-corrected chi connectivity index (χ1v) is 8.94. The molecule has 0 aliphatic carbocycles. The van der Waals surface area contributed by atoms with Gasteiger partial charge in [-0.05, 0) is 61.4 Å². The van der Waals surface area contributed by atoms with Gasteiger partial charge < -0.3 is 19.6 Å². The molecule has 2 N–H and O–H groups in total. The van der Waals surface area contributed by atoms with Crippen molar-refractivity contribution in [3.63, 3.8) is 0 Å². The van der Waals surface area contributed by atoms with Gasteiger partial charge in [-0.2, -0.15) is 0 Å². The van der Waals surface area contributed by atoms with Crippen LogP contribution in [0.5, 0.6) is 5.75 Å². The Hall–Kier alpha value is -1.43. The van der Waals surface area contributed by atoms with E-state index >= 15 is 0 Å². The van der Waals surface area contributed by atoms with Gasteiger partial charge in [-0.15, -0.1) is 11.8 Å². The highest BCUT2D eigenvalue weighted by Gasteiger charge is 2.24. The highest BCUT2D eigenvalue weighted by atomic mass is 32.2. The smallest absolute Gasteiger partial charge is 0.132 e. The summed E-state index contributed by atoms with van der Waals surface area (Å²) < 4.78 is 10.6. The molecule has 3 rings (SSSR count). The minimum absolute atomic E-state index is 0.183. The molecule has 23 heavy (non-hydrogen) atoms. The van der Waals surface area contributed by atoms with E-state index in [1.54, 1.807) is 19.4 Å². The molecule has 0 unspecified atom stereocenters. The van der Waals surface area contributed by atoms with Crippen molar-refractivity contribution in [2.24, 2.45) is 0 Å². The lowest BCUT2D eigenvalue weighted by Gasteiger charge is -2.29. The molecule has 1 aliphatic heterocycles. The second kappa shape index (κ2) is 7.43. The highest BCUT2D eigenvalue weighted by molar-refractivity contribution is 7.99. The molecule has 4 nitrogen and oxygen atoms in total. The number of methoxy groups -OCH3 is 1. The molecule has 0 spiro atoms. The number of fused-ring (bicyclic) bond motifs is 1. The summed E-state index contributed by atoms with van der Waals surface area (Å²) in [6, 6.07) is 10.4. The number of nitrogens with one attached hydrogen (secondary N) is 1. The molecule has 0 saturated carbocycles. The van der Waals surface area contributed by atoms with Gasteiger partial charge in [0.2, 0.25) is 0 Å². The minimum atomic E-state index is -0.574. The van der Waals surface area contributed by atoms with Gasteiger partial charge in [0.15, 0.2) is 0 Å². The Bertz CT molecular complexity index is 629. The third kappa shape index (κ3) is 3.91. The van der Waals surface area contributed by atoms with E-state index in [1.165, 1.54) is 10.5 Å². The van der Waals surface area contributed by atoms with E-state index in [1.807, 2.05) is 23.9 Å². The number of ether oxygens (including phenoxy) is 1. The molecule has 0 radical (unpaired) electrons. The van der Waals surface area contributed by atoms with E-state index < -0.39 is 6.10 Å². The molecular weight excluding hydrogens is 310 g/mol. The number of thioether (sulfide) groups is 1. The molecule has 0 fully saturated rings. The van der Waals surface area contributed by atoms with Crippen LogP contribution in [0.1, 0.15) is 43.2 Å².